The molecule has 0 saturated carbocycles. The van der Waals surface area contributed by atoms with E-state index in [4.69, 9.17) is 28.4 Å². The van der Waals surface area contributed by atoms with Crippen molar-refractivity contribution in [3.63, 3.8) is 0 Å². The number of carbonyl (C=O) groups is 3. The first-order valence-corrected chi connectivity index (χ1v) is 40.7. The Morgan fingerprint density at radius 1 is 0.510 bits per heavy atom. The second kappa shape index (κ2) is 58.3. The van der Waals surface area contributed by atoms with Gasteiger partial charge in [-0.15, -0.1) is 0 Å². The Morgan fingerprint density at radius 2 is 0.922 bits per heavy atom. The number of aliphatic carboxylic acids is 1. The van der Waals surface area contributed by atoms with Crippen molar-refractivity contribution >= 4 is 17.8 Å². The quantitative estimate of drug-likeness (QED) is 0.0199. The minimum absolute atomic E-state index is 0.198. The van der Waals surface area contributed by atoms with Crippen molar-refractivity contribution in [1.82, 2.24) is 10.6 Å². The van der Waals surface area contributed by atoms with Crippen molar-refractivity contribution in [2.45, 2.75) is 432 Å². The van der Waals surface area contributed by atoms with E-state index in [1.54, 1.807) is 6.08 Å². The highest BCUT2D eigenvalue weighted by atomic mass is 16.8. The average molecular weight is 1460 g/mol. The van der Waals surface area contributed by atoms with Crippen molar-refractivity contribution in [1.29, 1.82) is 0 Å². The maximum absolute atomic E-state index is 13.5. The average Bonchev–Trinajstić information content (AvgIpc) is 0.755. The van der Waals surface area contributed by atoms with E-state index in [9.17, 15) is 75.7 Å². The predicted octanol–water partition coefficient (Wildman–Crippen LogP) is 10.7. The summed E-state index contributed by atoms with van der Waals surface area (Å²) in [6.45, 7) is 2.19. The predicted molar refractivity (Wildman–Crippen MR) is 394 cm³/mol. The largest absolute Gasteiger partial charge is 0.477 e. The molecule has 0 aliphatic carbocycles. The third-order valence-electron chi connectivity index (χ3n) is 20.6. The van der Waals surface area contributed by atoms with Gasteiger partial charge in [-0.05, 0) is 44.9 Å². The number of carbonyl (C=O) groups excluding carboxylic acids is 2. The number of unbranched alkanes of at least 4 members (excludes halogenated alkanes) is 42. The number of carboxylic acid groups (broad SMARTS) is 1. The van der Waals surface area contributed by atoms with Crippen LogP contribution in [0.15, 0.2) is 24.3 Å². The lowest BCUT2D eigenvalue weighted by molar-refractivity contribution is -0.386. The third-order valence-corrected chi connectivity index (χ3v) is 20.6. The summed E-state index contributed by atoms with van der Waals surface area (Å²) < 4.78 is 34.9. The lowest BCUT2D eigenvalue weighted by atomic mass is 9.88. The molecule has 2 amide bonds. The zero-order valence-electron chi connectivity index (χ0n) is 63.2. The number of hydrogen-bond acceptors (Lipinski definition) is 20. The fraction of sp³-hybridized carbons (Fsp3) is 0.911. The Kier molecular flexibility index (Phi) is 53.4. The Bertz CT molecular complexity index is 2130. The maximum Gasteiger partial charge on any atom is 0.364 e. The van der Waals surface area contributed by atoms with Gasteiger partial charge in [-0.1, -0.05) is 282 Å². The molecule has 3 aliphatic heterocycles. The standard InChI is InChI=1S/C79H146N2O21/c1-4-6-8-10-12-14-16-18-20-22-24-26-28-30-32-34-36-38-40-42-44-46-48-50-52-61(86)60(81-66(89)53-51-49-47-45-43-41-39-37-35-33-31-29-27-25-23-21-19-17-15-13-11-9-7-5-2)58-97-76-71(93)70(92)73(65(57-84)99-76)100-77-72(94)75(69(91)64(56-83)98-77)102-79(78(95)96)54-62(87)67(80-59(3)85)74(101-79)68(90)63(88)55-82/h31,33,50,52,60-65,67-77,82-84,86-88,90-94H,4-30,32,34-49,51,53-58H2,1-3H3,(H,80,85)(H,81,89)(H,95,96)/b33-31-,52-50+. The highest BCUT2D eigenvalue weighted by Gasteiger charge is 2.60. The number of nitrogens with one attached hydrogen (secondary N) is 2. The summed E-state index contributed by atoms with van der Waals surface area (Å²) in [5, 5.41) is 136. The Hall–Kier alpha value is -2.79. The molecule has 18 atom stereocenters. The molecule has 0 aromatic carbocycles. The van der Waals surface area contributed by atoms with Gasteiger partial charge in [-0.25, -0.2) is 4.79 Å². The molecule has 0 bridgehead atoms. The summed E-state index contributed by atoms with van der Waals surface area (Å²) >= 11 is 0. The molecule has 0 radical (unpaired) electrons. The van der Waals surface area contributed by atoms with Gasteiger partial charge in [0.25, 0.3) is 5.79 Å². The molecule has 3 rings (SSSR count). The van der Waals surface area contributed by atoms with Gasteiger partial charge in [0.05, 0.1) is 50.7 Å². The van der Waals surface area contributed by atoms with E-state index in [-0.39, 0.29) is 12.3 Å². The van der Waals surface area contributed by atoms with Crippen LogP contribution in [0.5, 0.6) is 0 Å². The molecular weight excluding hydrogens is 1310 g/mol. The van der Waals surface area contributed by atoms with Crippen LogP contribution in [0, 0.1) is 0 Å². The van der Waals surface area contributed by atoms with Crippen LogP contribution in [0.2, 0.25) is 0 Å². The van der Waals surface area contributed by atoms with E-state index in [1.807, 2.05) is 6.08 Å². The number of ether oxygens (including phenoxy) is 6. The summed E-state index contributed by atoms with van der Waals surface area (Å²) in [6, 6.07) is -2.62. The Balaban J connectivity index is 1.53. The van der Waals surface area contributed by atoms with Crippen molar-refractivity contribution < 1.29 is 104 Å². The van der Waals surface area contributed by atoms with Crippen LogP contribution in [0.4, 0.5) is 0 Å². The molecule has 598 valence electrons. The van der Waals surface area contributed by atoms with Gasteiger partial charge in [0.15, 0.2) is 12.6 Å². The minimum Gasteiger partial charge on any atom is -0.477 e. The molecule has 0 spiro atoms. The smallest absolute Gasteiger partial charge is 0.364 e. The number of aliphatic hydroxyl groups excluding tert-OH is 11. The fourth-order valence-corrected chi connectivity index (χ4v) is 14.2. The number of hydrogen-bond donors (Lipinski definition) is 14. The molecule has 23 nitrogen and oxygen atoms in total. The second-order valence-corrected chi connectivity index (χ2v) is 29.6. The number of aliphatic hydroxyl groups is 11. The summed E-state index contributed by atoms with van der Waals surface area (Å²) in [4.78, 5) is 38.7. The molecule has 3 aliphatic rings. The Labute approximate surface area is 613 Å². The van der Waals surface area contributed by atoms with Gasteiger partial charge in [0, 0.05) is 19.8 Å². The van der Waals surface area contributed by atoms with Crippen LogP contribution in [0.1, 0.15) is 323 Å². The molecule has 0 aromatic rings. The lowest BCUT2D eigenvalue weighted by Gasteiger charge is -2.50. The molecule has 3 saturated heterocycles. The van der Waals surface area contributed by atoms with Gasteiger partial charge in [-0.3, -0.25) is 9.59 Å². The van der Waals surface area contributed by atoms with E-state index in [2.05, 4.69) is 36.6 Å². The van der Waals surface area contributed by atoms with Crippen LogP contribution < -0.4 is 10.6 Å². The summed E-state index contributed by atoms with van der Waals surface area (Å²) in [6.07, 6.45) is 34.9. The van der Waals surface area contributed by atoms with Crippen LogP contribution in [-0.4, -0.2) is 215 Å². The van der Waals surface area contributed by atoms with Crippen LogP contribution >= 0.6 is 0 Å². The highest BCUT2D eigenvalue weighted by molar-refractivity contribution is 5.77. The first-order chi connectivity index (χ1) is 49.4. The van der Waals surface area contributed by atoms with E-state index in [1.165, 1.54) is 225 Å². The number of carboxylic acids is 1. The monoisotopic (exact) mass is 1460 g/mol. The SMILES string of the molecule is CCCCCCCCCCCCCC/C=C\CCCCCCCCCCC(=O)NC(COC1OC(CO)C(OC2OC(CO)C(O)C(OC3(C(=O)O)CC(O)C(NC(C)=O)C(C(O)C(O)CO)O3)C2O)C(O)C1O)C(O)/C=C/CCCCCCCCCCCCCCCCCCCCCCCC. The molecule has 23 heteroatoms. The second-order valence-electron chi connectivity index (χ2n) is 29.6. The fourth-order valence-electron chi connectivity index (χ4n) is 14.2. The van der Waals surface area contributed by atoms with E-state index >= 15 is 0 Å². The van der Waals surface area contributed by atoms with Crippen molar-refractivity contribution in [3.8, 4) is 0 Å². The summed E-state index contributed by atoms with van der Waals surface area (Å²) in [5.74, 6) is -6.14. The van der Waals surface area contributed by atoms with Gasteiger partial charge >= 0.3 is 5.97 Å². The minimum atomic E-state index is -3.08. The maximum atomic E-state index is 13.5. The van der Waals surface area contributed by atoms with Gasteiger partial charge < -0.3 is 100 Å². The topological polar surface area (TPSA) is 373 Å². The molecule has 3 fully saturated rings. The Morgan fingerprint density at radius 3 is 1.33 bits per heavy atom. The number of rotatable bonds is 64. The molecule has 102 heavy (non-hydrogen) atoms. The highest BCUT2D eigenvalue weighted by Crippen LogP contribution is 2.39. The van der Waals surface area contributed by atoms with E-state index < -0.39 is 155 Å². The van der Waals surface area contributed by atoms with Crippen LogP contribution in [0.25, 0.3) is 0 Å². The van der Waals surface area contributed by atoms with E-state index in [0.29, 0.717) is 12.8 Å². The zero-order valence-corrected chi connectivity index (χ0v) is 63.2. The molecule has 18 unspecified atom stereocenters. The first kappa shape index (κ1) is 93.4. The third kappa shape index (κ3) is 38.3. The molecule has 14 N–H and O–H groups in total. The van der Waals surface area contributed by atoms with Gasteiger partial charge in [-0.2, -0.15) is 0 Å². The van der Waals surface area contributed by atoms with Crippen molar-refractivity contribution in [3.05, 3.63) is 24.3 Å². The normalized spacial score (nSPS) is 26.7. The van der Waals surface area contributed by atoms with E-state index in [0.717, 1.165) is 58.3 Å². The first-order valence-electron chi connectivity index (χ1n) is 40.7. The summed E-state index contributed by atoms with van der Waals surface area (Å²) in [7, 11) is 0. The lowest BCUT2D eigenvalue weighted by Crippen LogP contribution is -2.70. The van der Waals surface area contributed by atoms with Crippen molar-refractivity contribution in [2.24, 2.45) is 0 Å². The van der Waals surface area contributed by atoms with Gasteiger partial charge in [0.1, 0.15) is 67.1 Å². The number of allylic oxidation sites excluding steroid dienone is 3. The van der Waals surface area contributed by atoms with Crippen LogP contribution in [-0.2, 0) is 42.8 Å². The van der Waals surface area contributed by atoms with Crippen molar-refractivity contribution in [2.75, 3.05) is 26.4 Å². The number of amides is 2. The molecule has 0 aromatic heterocycles. The molecule has 3 heterocycles. The molecular formula is C79H146N2O21. The summed E-state index contributed by atoms with van der Waals surface area (Å²) in [5.41, 5.74) is 0. The van der Waals surface area contributed by atoms with Gasteiger partial charge in [0.2, 0.25) is 11.8 Å². The zero-order chi connectivity index (χ0) is 74.6. The van der Waals surface area contributed by atoms with Crippen LogP contribution in [0.3, 0.4) is 0 Å².